The summed E-state index contributed by atoms with van der Waals surface area (Å²) in [6.07, 6.45) is 0. The van der Waals surface area contributed by atoms with E-state index in [2.05, 4.69) is 58.0 Å². The van der Waals surface area contributed by atoms with E-state index < -0.39 is 0 Å². The van der Waals surface area contributed by atoms with Crippen molar-refractivity contribution in [2.24, 2.45) is 10.8 Å². The van der Waals surface area contributed by atoms with Gasteiger partial charge in [0.05, 0.1) is 49.8 Å². The lowest BCUT2D eigenvalue weighted by Gasteiger charge is -2.34. The summed E-state index contributed by atoms with van der Waals surface area (Å²) in [7, 11) is 3.39. The summed E-state index contributed by atoms with van der Waals surface area (Å²) in [6.45, 7) is 10.6. The Morgan fingerprint density at radius 3 is 2.55 bits per heavy atom. The van der Waals surface area contributed by atoms with Crippen molar-refractivity contribution in [1.29, 1.82) is 0 Å². The summed E-state index contributed by atoms with van der Waals surface area (Å²) in [6, 6.07) is 22.5. The first-order chi connectivity index (χ1) is 18.2. The zero-order valence-corrected chi connectivity index (χ0v) is 23.8. The maximum absolute atomic E-state index is 6.33. The Balaban J connectivity index is 1.34. The Bertz CT molecular complexity index is 1450. The second-order valence-corrected chi connectivity index (χ2v) is 12.0. The van der Waals surface area contributed by atoms with Crippen LogP contribution in [0.3, 0.4) is 0 Å². The molecule has 5 rings (SSSR count). The maximum Gasteiger partial charge on any atom is 0.129 e. The molecule has 2 heterocycles. The molecule has 0 atom stereocenters. The van der Waals surface area contributed by atoms with Gasteiger partial charge in [0.25, 0.3) is 0 Å². The van der Waals surface area contributed by atoms with Gasteiger partial charge >= 0.3 is 0 Å². The van der Waals surface area contributed by atoms with Gasteiger partial charge in [0.1, 0.15) is 22.3 Å². The third-order valence-electron chi connectivity index (χ3n) is 7.01. The van der Waals surface area contributed by atoms with E-state index in [-0.39, 0.29) is 10.8 Å². The molecule has 4 aromatic rings. The van der Waals surface area contributed by atoms with E-state index >= 15 is 0 Å². The molecule has 0 radical (unpaired) electrons. The smallest absolute Gasteiger partial charge is 0.129 e. The van der Waals surface area contributed by atoms with E-state index in [1.165, 1.54) is 10.3 Å². The number of methoxy groups -OCH3 is 2. The Hall–Kier alpha value is -3.35. The molecule has 0 unspecified atom stereocenters. The zero-order valence-electron chi connectivity index (χ0n) is 23.0. The highest BCUT2D eigenvalue weighted by Gasteiger charge is 2.43. The molecular formula is C32H35NO4S. The van der Waals surface area contributed by atoms with E-state index in [1.807, 2.05) is 36.4 Å². The van der Waals surface area contributed by atoms with Crippen molar-refractivity contribution in [2.75, 3.05) is 27.4 Å². The Morgan fingerprint density at radius 2 is 1.79 bits per heavy atom. The molecule has 1 aromatic heterocycles. The van der Waals surface area contributed by atoms with Gasteiger partial charge in [-0.25, -0.2) is 4.98 Å². The monoisotopic (exact) mass is 529 g/mol. The van der Waals surface area contributed by atoms with Gasteiger partial charge in [-0.15, -0.1) is 11.3 Å². The summed E-state index contributed by atoms with van der Waals surface area (Å²) >= 11 is 1.67. The van der Waals surface area contributed by atoms with E-state index in [0.29, 0.717) is 19.8 Å². The number of thiazole rings is 1. The van der Waals surface area contributed by atoms with Gasteiger partial charge in [0.15, 0.2) is 0 Å². The number of fused-ring (bicyclic) bond motifs is 1. The predicted molar refractivity (Wildman–Crippen MR) is 155 cm³/mol. The number of benzene rings is 3. The molecule has 0 saturated heterocycles. The summed E-state index contributed by atoms with van der Waals surface area (Å²) in [5.74, 6) is 2.56. The van der Waals surface area contributed by atoms with Gasteiger partial charge in [-0.05, 0) is 47.5 Å². The minimum absolute atomic E-state index is 0.104. The summed E-state index contributed by atoms with van der Waals surface area (Å²) < 4.78 is 25.0. The van der Waals surface area contributed by atoms with Crippen LogP contribution in [0.1, 0.15) is 38.8 Å². The second kappa shape index (κ2) is 10.4. The van der Waals surface area contributed by atoms with Crippen molar-refractivity contribution in [3.8, 4) is 22.1 Å². The number of hydrogen-bond acceptors (Lipinski definition) is 6. The van der Waals surface area contributed by atoms with Crippen LogP contribution in [0.5, 0.6) is 11.5 Å². The van der Waals surface area contributed by atoms with Crippen molar-refractivity contribution in [3.05, 3.63) is 83.4 Å². The van der Waals surface area contributed by atoms with Crippen LogP contribution in [0.25, 0.3) is 26.5 Å². The third kappa shape index (κ3) is 5.16. The maximum atomic E-state index is 6.33. The van der Waals surface area contributed by atoms with E-state index in [4.69, 9.17) is 23.9 Å². The summed E-state index contributed by atoms with van der Waals surface area (Å²) in [5.41, 5.74) is 5.03. The van der Waals surface area contributed by atoms with Crippen LogP contribution in [0.15, 0.2) is 72.3 Å². The summed E-state index contributed by atoms with van der Waals surface area (Å²) in [4.78, 5) is 4.80. The molecule has 0 fully saturated rings. The molecule has 6 heteroatoms. The lowest BCUT2D eigenvalue weighted by atomic mass is 9.70. The fraction of sp³-hybridized carbons (Fsp3) is 0.344. The highest BCUT2D eigenvalue weighted by molar-refractivity contribution is 7.21. The Morgan fingerprint density at radius 1 is 0.974 bits per heavy atom. The first kappa shape index (κ1) is 26.3. The molecule has 0 N–H and O–H groups in total. The second-order valence-electron chi connectivity index (χ2n) is 11.0. The van der Waals surface area contributed by atoms with Gasteiger partial charge in [-0.3, -0.25) is 0 Å². The van der Waals surface area contributed by atoms with Crippen LogP contribution in [0.2, 0.25) is 0 Å². The van der Waals surface area contributed by atoms with Crippen LogP contribution in [-0.2, 0) is 16.1 Å². The molecule has 198 valence electrons. The lowest BCUT2D eigenvalue weighted by Crippen LogP contribution is -2.31. The zero-order chi connectivity index (χ0) is 26.9. The number of ether oxygens (including phenoxy) is 4. The highest BCUT2D eigenvalue weighted by atomic mass is 32.1. The van der Waals surface area contributed by atoms with Gasteiger partial charge in [-0.2, -0.15) is 0 Å². The first-order valence-corrected chi connectivity index (χ1v) is 13.7. The third-order valence-corrected chi connectivity index (χ3v) is 8.08. The van der Waals surface area contributed by atoms with E-state index in [1.54, 1.807) is 25.6 Å². The van der Waals surface area contributed by atoms with Crippen LogP contribution < -0.4 is 9.47 Å². The quantitative estimate of drug-likeness (QED) is 0.220. The predicted octanol–water partition coefficient (Wildman–Crippen LogP) is 7.99. The molecule has 0 bridgehead atoms. The standard InChI is InChI=1S/C32H35NO4S/c1-31(2,29-28(37-20-32(29,3)4)22-10-9-11-23(17-22)34-5)19-36-18-21-14-15-24(26(16-21)35-6)30-33-25-12-7-8-13-27(25)38-30/h7-17H,18-20H2,1-6H3. The molecule has 0 spiro atoms. The van der Waals surface area contributed by atoms with Crippen molar-refractivity contribution in [3.63, 3.8) is 0 Å². The van der Waals surface area contributed by atoms with Crippen LogP contribution in [0.4, 0.5) is 0 Å². The van der Waals surface area contributed by atoms with Crippen molar-refractivity contribution >= 4 is 27.3 Å². The molecule has 38 heavy (non-hydrogen) atoms. The number of aromatic nitrogens is 1. The fourth-order valence-electron chi connectivity index (χ4n) is 5.41. The number of hydrogen-bond donors (Lipinski definition) is 0. The molecule has 1 aliphatic heterocycles. The average Bonchev–Trinajstić information content (AvgIpc) is 3.49. The van der Waals surface area contributed by atoms with E-state index in [0.717, 1.165) is 44.5 Å². The summed E-state index contributed by atoms with van der Waals surface area (Å²) in [5, 5.41) is 0.956. The number of para-hydroxylation sites is 1. The van der Waals surface area contributed by atoms with Crippen molar-refractivity contribution in [1.82, 2.24) is 4.98 Å². The largest absolute Gasteiger partial charge is 0.497 e. The van der Waals surface area contributed by atoms with Crippen LogP contribution in [-0.4, -0.2) is 32.4 Å². The number of rotatable bonds is 9. The highest BCUT2D eigenvalue weighted by Crippen LogP contribution is 2.50. The van der Waals surface area contributed by atoms with Gasteiger partial charge < -0.3 is 18.9 Å². The van der Waals surface area contributed by atoms with Gasteiger partial charge in [0, 0.05) is 16.4 Å². The fourth-order valence-corrected chi connectivity index (χ4v) is 6.40. The molecule has 1 aliphatic rings. The van der Waals surface area contributed by atoms with Crippen molar-refractivity contribution < 1.29 is 18.9 Å². The van der Waals surface area contributed by atoms with Crippen LogP contribution in [0, 0.1) is 10.8 Å². The Kier molecular flexibility index (Phi) is 7.21. The minimum Gasteiger partial charge on any atom is -0.497 e. The lowest BCUT2D eigenvalue weighted by molar-refractivity contribution is 0.0594. The minimum atomic E-state index is -0.233. The van der Waals surface area contributed by atoms with Gasteiger partial charge in [-0.1, -0.05) is 58.0 Å². The SMILES string of the molecule is COc1cccc(C2=C(C(C)(C)COCc3ccc(-c4nc5ccccc5s4)c(OC)c3)C(C)(C)CO2)c1. The molecule has 0 amide bonds. The molecule has 3 aromatic carbocycles. The molecule has 5 nitrogen and oxygen atoms in total. The molecule has 0 aliphatic carbocycles. The normalized spacial score (nSPS) is 15.1. The molecule has 0 saturated carbocycles. The topological polar surface area (TPSA) is 49.8 Å². The first-order valence-electron chi connectivity index (χ1n) is 12.8. The molecular weight excluding hydrogens is 494 g/mol. The Labute approximate surface area is 229 Å². The van der Waals surface area contributed by atoms with E-state index in [9.17, 15) is 0 Å². The van der Waals surface area contributed by atoms with Gasteiger partial charge in [0.2, 0.25) is 0 Å². The van der Waals surface area contributed by atoms with Crippen molar-refractivity contribution in [2.45, 2.75) is 34.3 Å². The average molecular weight is 530 g/mol. The van der Waals surface area contributed by atoms with Crippen LogP contribution >= 0.6 is 11.3 Å². The number of nitrogens with zero attached hydrogens (tertiary/aromatic N) is 1.